The zero-order chi connectivity index (χ0) is 16.8. The Bertz CT molecular complexity index is 554. The van der Waals surface area contributed by atoms with Crippen LogP contribution in [0.15, 0.2) is 36.4 Å². The zero-order valence-corrected chi connectivity index (χ0v) is 14.2. The second-order valence-corrected chi connectivity index (χ2v) is 6.51. The topological polar surface area (TPSA) is 50.8 Å². The van der Waals surface area contributed by atoms with Gasteiger partial charge in [-0.2, -0.15) is 0 Å². The number of likely N-dealkylation sites (tertiary alicyclic amines) is 1. The van der Waals surface area contributed by atoms with Gasteiger partial charge in [0, 0.05) is 26.7 Å². The molecule has 0 bridgehead atoms. The minimum Gasteiger partial charge on any atom is -0.491 e. The molecule has 130 valence electrons. The van der Waals surface area contributed by atoms with Crippen LogP contribution >= 0.6 is 0 Å². The van der Waals surface area contributed by atoms with Crippen molar-refractivity contribution in [1.29, 1.82) is 0 Å². The fourth-order valence-electron chi connectivity index (χ4n) is 3.42. The molecule has 2 atom stereocenters. The van der Waals surface area contributed by atoms with Crippen LogP contribution in [-0.4, -0.2) is 44.3 Å². The number of allylic oxidation sites excluding steroid dienone is 2. The molecule has 1 saturated heterocycles. The second-order valence-electron chi connectivity index (χ2n) is 6.51. The maximum Gasteiger partial charge on any atom is 0.317 e. The van der Waals surface area contributed by atoms with E-state index in [-0.39, 0.29) is 6.03 Å². The first-order valence-corrected chi connectivity index (χ1v) is 8.64. The number of nitrogens with zero attached hydrogens (tertiary/aromatic N) is 1. The summed E-state index contributed by atoms with van der Waals surface area (Å²) in [5, 5.41) is 3.03. The SMILES string of the molecule is COCCOc1ccc(CNC(=O)N2C[C@@H]3CC=CC[C@H]3C2)cc1. The van der Waals surface area contributed by atoms with Crippen molar-refractivity contribution in [3.8, 4) is 5.75 Å². The van der Waals surface area contributed by atoms with Crippen molar-refractivity contribution in [1.82, 2.24) is 10.2 Å². The van der Waals surface area contributed by atoms with Crippen LogP contribution in [-0.2, 0) is 11.3 Å². The lowest BCUT2D eigenvalue weighted by molar-refractivity contribution is 0.146. The molecule has 0 spiro atoms. The summed E-state index contributed by atoms with van der Waals surface area (Å²) in [7, 11) is 1.65. The number of fused-ring (bicyclic) bond motifs is 1. The van der Waals surface area contributed by atoms with Gasteiger partial charge in [0.2, 0.25) is 0 Å². The summed E-state index contributed by atoms with van der Waals surface area (Å²) < 4.78 is 10.5. The van der Waals surface area contributed by atoms with Crippen LogP contribution in [0.4, 0.5) is 4.79 Å². The third kappa shape index (κ3) is 4.29. The highest BCUT2D eigenvalue weighted by Crippen LogP contribution is 2.32. The molecule has 1 aliphatic carbocycles. The van der Waals surface area contributed by atoms with Crippen LogP contribution in [0.1, 0.15) is 18.4 Å². The van der Waals surface area contributed by atoms with E-state index >= 15 is 0 Å². The van der Waals surface area contributed by atoms with Crippen LogP contribution in [0.5, 0.6) is 5.75 Å². The normalized spacial score (nSPS) is 22.3. The number of ether oxygens (including phenoxy) is 2. The highest BCUT2D eigenvalue weighted by molar-refractivity contribution is 5.74. The number of hydrogen-bond acceptors (Lipinski definition) is 3. The summed E-state index contributed by atoms with van der Waals surface area (Å²) in [4.78, 5) is 14.3. The number of hydrogen-bond donors (Lipinski definition) is 1. The monoisotopic (exact) mass is 330 g/mol. The van der Waals surface area contributed by atoms with Gasteiger partial charge in [-0.05, 0) is 42.4 Å². The Labute approximate surface area is 143 Å². The molecule has 0 radical (unpaired) electrons. The summed E-state index contributed by atoms with van der Waals surface area (Å²) in [5.41, 5.74) is 1.07. The van der Waals surface area contributed by atoms with E-state index in [2.05, 4.69) is 17.5 Å². The number of urea groups is 1. The molecule has 1 N–H and O–H groups in total. The maximum atomic E-state index is 12.4. The van der Waals surface area contributed by atoms with Crippen LogP contribution < -0.4 is 10.1 Å². The third-order valence-electron chi connectivity index (χ3n) is 4.83. The first kappa shape index (κ1) is 16.8. The second kappa shape index (κ2) is 8.20. The van der Waals surface area contributed by atoms with Crippen molar-refractivity contribution in [3.63, 3.8) is 0 Å². The highest BCUT2D eigenvalue weighted by atomic mass is 16.5. The van der Waals surface area contributed by atoms with Gasteiger partial charge in [-0.3, -0.25) is 0 Å². The van der Waals surface area contributed by atoms with Gasteiger partial charge in [0.05, 0.1) is 6.61 Å². The molecular formula is C19H26N2O3. The molecule has 1 aromatic carbocycles. The predicted molar refractivity (Wildman–Crippen MR) is 93.0 cm³/mol. The van der Waals surface area contributed by atoms with Gasteiger partial charge < -0.3 is 19.7 Å². The van der Waals surface area contributed by atoms with Crippen molar-refractivity contribution in [2.24, 2.45) is 11.8 Å². The number of benzene rings is 1. The van der Waals surface area contributed by atoms with Crippen LogP contribution in [0.25, 0.3) is 0 Å². The van der Waals surface area contributed by atoms with Gasteiger partial charge in [-0.1, -0.05) is 24.3 Å². The Hall–Kier alpha value is -2.01. The van der Waals surface area contributed by atoms with Crippen molar-refractivity contribution < 1.29 is 14.3 Å². The smallest absolute Gasteiger partial charge is 0.317 e. The molecule has 1 heterocycles. The van der Waals surface area contributed by atoms with Gasteiger partial charge in [-0.25, -0.2) is 4.79 Å². The van der Waals surface area contributed by atoms with Crippen LogP contribution in [0.3, 0.4) is 0 Å². The average molecular weight is 330 g/mol. The Morgan fingerprint density at radius 1 is 1.12 bits per heavy atom. The average Bonchev–Trinajstić information content (AvgIpc) is 3.05. The van der Waals surface area contributed by atoms with Crippen LogP contribution in [0.2, 0.25) is 0 Å². The molecular weight excluding hydrogens is 304 g/mol. The molecule has 5 nitrogen and oxygen atoms in total. The number of nitrogens with one attached hydrogen (secondary N) is 1. The number of carbonyl (C=O) groups is 1. The first-order valence-electron chi connectivity index (χ1n) is 8.64. The molecule has 24 heavy (non-hydrogen) atoms. The number of amides is 2. The number of carbonyl (C=O) groups excluding carboxylic acids is 1. The van der Waals surface area contributed by atoms with E-state index in [1.54, 1.807) is 7.11 Å². The van der Waals surface area contributed by atoms with E-state index in [1.807, 2.05) is 29.2 Å². The van der Waals surface area contributed by atoms with Gasteiger partial charge in [0.25, 0.3) is 0 Å². The van der Waals surface area contributed by atoms with Crippen molar-refractivity contribution in [2.45, 2.75) is 19.4 Å². The summed E-state index contributed by atoms with van der Waals surface area (Å²) >= 11 is 0. The van der Waals surface area contributed by atoms with E-state index in [4.69, 9.17) is 9.47 Å². The fraction of sp³-hybridized carbons (Fsp3) is 0.526. The molecule has 2 aliphatic rings. The van der Waals surface area contributed by atoms with Gasteiger partial charge >= 0.3 is 6.03 Å². The largest absolute Gasteiger partial charge is 0.491 e. The van der Waals surface area contributed by atoms with Crippen LogP contribution in [0, 0.1) is 11.8 Å². The first-order chi connectivity index (χ1) is 11.8. The summed E-state index contributed by atoms with van der Waals surface area (Å²) in [6.07, 6.45) is 6.72. The molecule has 0 unspecified atom stereocenters. The lowest BCUT2D eigenvalue weighted by Crippen LogP contribution is -2.38. The molecule has 1 fully saturated rings. The molecule has 5 heteroatoms. The molecule has 2 amide bonds. The zero-order valence-electron chi connectivity index (χ0n) is 14.2. The minimum absolute atomic E-state index is 0.0461. The molecule has 0 aromatic heterocycles. The number of methoxy groups -OCH3 is 1. The van der Waals surface area contributed by atoms with E-state index < -0.39 is 0 Å². The van der Waals surface area contributed by atoms with E-state index in [1.165, 1.54) is 0 Å². The quantitative estimate of drug-likeness (QED) is 0.644. The van der Waals surface area contributed by atoms with Crippen molar-refractivity contribution in [2.75, 3.05) is 33.4 Å². The Balaban J connectivity index is 1.43. The maximum absolute atomic E-state index is 12.4. The molecule has 1 aliphatic heterocycles. The summed E-state index contributed by atoms with van der Waals surface area (Å²) in [6.45, 7) is 3.42. The molecule has 0 saturated carbocycles. The number of rotatable bonds is 6. The lowest BCUT2D eigenvalue weighted by atomic mass is 9.86. The van der Waals surface area contributed by atoms with Gasteiger partial charge in [0.15, 0.2) is 0 Å². The lowest BCUT2D eigenvalue weighted by Gasteiger charge is -2.17. The van der Waals surface area contributed by atoms with E-state index in [9.17, 15) is 4.79 Å². The van der Waals surface area contributed by atoms with Crippen molar-refractivity contribution >= 4 is 6.03 Å². The fourth-order valence-corrected chi connectivity index (χ4v) is 3.42. The van der Waals surface area contributed by atoms with E-state index in [0.29, 0.717) is 31.6 Å². The molecule has 3 rings (SSSR count). The van der Waals surface area contributed by atoms with Gasteiger partial charge in [-0.15, -0.1) is 0 Å². The van der Waals surface area contributed by atoms with Crippen molar-refractivity contribution in [3.05, 3.63) is 42.0 Å². The highest BCUT2D eigenvalue weighted by Gasteiger charge is 2.34. The Kier molecular flexibility index (Phi) is 5.75. The minimum atomic E-state index is 0.0461. The predicted octanol–water partition coefficient (Wildman–Crippen LogP) is 2.82. The Morgan fingerprint density at radius 2 is 1.79 bits per heavy atom. The third-order valence-corrected chi connectivity index (χ3v) is 4.83. The van der Waals surface area contributed by atoms with E-state index in [0.717, 1.165) is 37.2 Å². The standard InChI is InChI=1S/C19H26N2O3/c1-23-10-11-24-18-8-6-15(7-9-18)12-20-19(22)21-13-16-4-2-3-5-17(16)14-21/h2-3,6-9,16-17H,4-5,10-14H2,1H3,(H,20,22)/t16-,17-/m0/s1. The molecule has 1 aromatic rings. The Morgan fingerprint density at radius 3 is 2.42 bits per heavy atom. The summed E-state index contributed by atoms with van der Waals surface area (Å²) in [5.74, 6) is 2.10. The summed E-state index contributed by atoms with van der Waals surface area (Å²) in [6, 6.07) is 7.86. The van der Waals surface area contributed by atoms with Gasteiger partial charge in [0.1, 0.15) is 12.4 Å².